The fourth-order valence-corrected chi connectivity index (χ4v) is 1.94. The minimum atomic E-state index is -0.826. The number of hydrogen-bond acceptors (Lipinski definition) is 3. The maximum atomic E-state index is 11.3. The van der Waals surface area contributed by atoms with Crippen LogP contribution in [0.4, 0.5) is 0 Å². The van der Waals surface area contributed by atoms with Gasteiger partial charge in [0.25, 0.3) is 0 Å². The molecule has 0 aromatic carbocycles. The molecule has 1 aliphatic carbocycles. The highest BCUT2D eigenvalue weighted by Crippen LogP contribution is 2.09. The summed E-state index contributed by atoms with van der Waals surface area (Å²) in [5.41, 5.74) is 1.94. The standard InChI is InChI=1S/C14H17N3O2/c1-17(7-6-11-4-2-3-5-11)13(14(18)19)8-12-9-15-10-16-12/h2-6,9-10,13H,7-8H2,1H3,(H,15,16)(H,18,19)/t13-/m0/s1. The molecule has 1 heterocycles. The lowest BCUT2D eigenvalue weighted by Gasteiger charge is -2.22. The third-order valence-electron chi connectivity index (χ3n) is 3.09. The first kappa shape index (κ1) is 13.3. The van der Waals surface area contributed by atoms with Gasteiger partial charge in [-0.15, -0.1) is 0 Å². The first-order valence-corrected chi connectivity index (χ1v) is 6.12. The van der Waals surface area contributed by atoms with Crippen LogP contribution in [0.3, 0.4) is 0 Å². The molecule has 5 nitrogen and oxygen atoms in total. The fraction of sp³-hybridized carbons (Fsp3) is 0.286. The van der Waals surface area contributed by atoms with Crippen LogP contribution in [0.5, 0.6) is 0 Å². The Morgan fingerprint density at radius 2 is 2.26 bits per heavy atom. The lowest BCUT2D eigenvalue weighted by molar-refractivity contribution is -0.142. The van der Waals surface area contributed by atoms with E-state index >= 15 is 0 Å². The molecule has 1 atom stereocenters. The minimum absolute atomic E-state index is 0.417. The number of nitrogens with zero attached hydrogens (tertiary/aromatic N) is 2. The average Bonchev–Trinajstić information content (AvgIpc) is 3.05. The van der Waals surface area contributed by atoms with Crippen molar-refractivity contribution in [2.75, 3.05) is 13.6 Å². The van der Waals surface area contributed by atoms with Crippen LogP contribution in [0.2, 0.25) is 0 Å². The number of carboxylic acids is 1. The van der Waals surface area contributed by atoms with Crippen molar-refractivity contribution >= 4 is 5.97 Å². The number of carbonyl (C=O) groups is 1. The smallest absolute Gasteiger partial charge is 0.321 e. The second-order valence-corrected chi connectivity index (χ2v) is 4.50. The Hall–Kier alpha value is -2.14. The zero-order valence-electron chi connectivity index (χ0n) is 10.8. The van der Waals surface area contributed by atoms with Crippen LogP contribution in [-0.2, 0) is 11.2 Å². The maximum Gasteiger partial charge on any atom is 0.321 e. The predicted octanol–water partition coefficient (Wildman–Crippen LogP) is 1.39. The number of hydrogen-bond donors (Lipinski definition) is 2. The number of rotatable bonds is 6. The van der Waals surface area contributed by atoms with E-state index in [0.29, 0.717) is 13.0 Å². The molecular formula is C14H17N3O2. The Bertz CT molecular complexity index is 501. The van der Waals surface area contributed by atoms with Crippen molar-refractivity contribution in [3.8, 4) is 0 Å². The number of H-pyrrole nitrogens is 1. The van der Waals surface area contributed by atoms with E-state index in [1.54, 1.807) is 12.5 Å². The summed E-state index contributed by atoms with van der Waals surface area (Å²) in [6.45, 7) is 0.592. The van der Waals surface area contributed by atoms with E-state index in [9.17, 15) is 9.90 Å². The number of likely N-dealkylation sites (N-methyl/N-ethyl adjacent to an activating group) is 1. The molecule has 0 amide bonds. The second-order valence-electron chi connectivity index (χ2n) is 4.50. The summed E-state index contributed by atoms with van der Waals surface area (Å²) in [5, 5.41) is 9.31. The molecule has 1 aromatic rings. The molecule has 1 aromatic heterocycles. The maximum absolute atomic E-state index is 11.3. The quantitative estimate of drug-likeness (QED) is 0.810. The number of imidazole rings is 1. The molecule has 0 saturated carbocycles. The average molecular weight is 259 g/mol. The molecule has 0 aliphatic heterocycles. The van der Waals surface area contributed by atoms with E-state index in [1.165, 1.54) is 0 Å². The van der Waals surface area contributed by atoms with Crippen molar-refractivity contribution < 1.29 is 9.90 Å². The van der Waals surface area contributed by atoms with Gasteiger partial charge in [-0.05, 0) is 12.6 Å². The highest BCUT2D eigenvalue weighted by Gasteiger charge is 2.22. The topological polar surface area (TPSA) is 69.2 Å². The van der Waals surface area contributed by atoms with E-state index in [-0.39, 0.29) is 0 Å². The van der Waals surface area contributed by atoms with Crippen molar-refractivity contribution in [2.45, 2.75) is 12.5 Å². The van der Waals surface area contributed by atoms with Gasteiger partial charge >= 0.3 is 5.97 Å². The molecule has 0 saturated heterocycles. The van der Waals surface area contributed by atoms with Crippen LogP contribution in [0.1, 0.15) is 5.69 Å². The lowest BCUT2D eigenvalue weighted by atomic mass is 10.1. The summed E-state index contributed by atoms with van der Waals surface area (Å²) in [7, 11) is 1.81. The van der Waals surface area contributed by atoms with E-state index < -0.39 is 12.0 Å². The van der Waals surface area contributed by atoms with Crippen LogP contribution in [-0.4, -0.2) is 45.6 Å². The molecular weight excluding hydrogens is 242 g/mol. The fourth-order valence-electron chi connectivity index (χ4n) is 1.94. The number of aromatic nitrogens is 2. The SMILES string of the molecule is CN(CC=C1C=CC=C1)[C@@H](Cc1cnc[nH]1)C(=O)O. The first-order valence-electron chi connectivity index (χ1n) is 6.12. The molecule has 100 valence electrons. The molecule has 0 unspecified atom stereocenters. The number of carboxylic acid groups (broad SMARTS) is 1. The van der Waals surface area contributed by atoms with Gasteiger partial charge in [0.15, 0.2) is 0 Å². The minimum Gasteiger partial charge on any atom is -0.480 e. The lowest BCUT2D eigenvalue weighted by Crippen LogP contribution is -2.40. The summed E-state index contributed by atoms with van der Waals surface area (Å²) in [5.74, 6) is -0.826. The molecule has 0 radical (unpaired) electrons. The predicted molar refractivity (Wildman–Crippen MR) is 72.7 cm³/mol. The van der Waals surface area contributed by atoms with Crippen LogP contribution in [0, 0.1) is 0 Å². The van der Waals surface area contributed by atoms with Gasteiger partial charge in [-0.25, -0.2) is 4.98 Å². The van der Waals surface area contributed by atoms with Crippen LogP contribution >= 0.6 is 0 Å². The number of aliphatic carboxylic acids is 1. The second kappa shape index (κ2) is 6.15. The molecule has 5 heteroatoms. The molecule has 1 aliphatic rings. The molecule has 0 bridgehead atoms. The van der Waals surface area contributed by atoms with Crippen molar-refractivity contribution in [3.05, 3.63) is 54.2 Å². The third kappa shape index (κ3) is 3.66. The van der Waals surface area contributed by atoms with E-state index in [2.05, 4.69) is 9.97 Å². The van der Waals surface area contributed by atoms with Crippen LogP contribution < -0.4 is 0 Å². The molecule has 19 heavy (non-hydrogen) atoms. The van der Waals surface area contributed by atoms with Gasteiger partial charge < -0.3 is 10.1 Å². The van der Waals surface area contributed by atoms with Crippen molar-refractivity contribution in [1.29, 1.82) is 0 Å². The van der Waals surface area contributed by atoms with Gasteiger partial charge in [0.1, 0.15) is 6.04 Å². The zero-order chi connectivity index (χ0) is 13.7. The van der Waals surface area contributed by atoms with Gasteiger partial charge in [0.05, 0.1) is 6.33 Å². The number of aromatic amines is 1. The Morgan fingerprint density at radius 1 is 1.53 bits per heavy atom. The van der Waals surface area contributed by atoms with E-state index in [4.69, 9.17) is 0 Å². The Morgan fingerprint density at radius 3 is 2.84 bits per heavy atom. The molecule has 2 rings (SSSR count). The van der Waals surface area contributed by atoms with Gasteiger partial charge in [0.2, 0.25) is 0 Å². The Labute approximate surface area is 112 Å². The van der Waals surface area contributed by atoms with Crippen LogP contribution in [0.25, 0.3) is 0 Å². The number of allylic oxidation sites excluding steroid dienone is 5. The highest BCUT2D eigenvalue weighted by atomic mass is 16.4. The van der Waals surface area contributed by atoms with Gasteiger partial charge in [-0.1, -0.05) is 30.4 Å². The van der Waals surface area contributed by atoms with Crippen molar-refractivity contribution in [2.24, 2.45) is 0 Å². The Balaban J connectivity index is 1.98. The first-order chi connectivity index (χ1) is 9.16. The third-order valence-corrected chi connectivity index (χ3v) is 3.09. The van der Waals surface area contributed by atoms with E-state index in [1.807, 2.05) is 42.3 Å². The monoisotopic (exact) mass is 259 g/mol. The summed E-state index contributed by atoms with van der Waals surface area (Å²) in [6, 6.07) is -0.563. The van der Waals surface area contributed by atoms with Gasteiger partial charge in [-0.2, -0.15) is 0 Å². The van der Waals surface area contributed by atoms with E-state index in [0.717, 1.165) is 11.3 Å². The normalized spacial score (nSPS) is 15.2. The molecule has 0 fully saturated rings. The Kier molecular flexibility index (Phi) is 4.30. The summed E-state index contributed by atoms with van der Waals surface area (Å²) in [4.78, 5) is 20.0. The van der Waals surface area contributed by atoms with Gasteiger partial charge in [-0.3, -0.25) is 9.69 Å². The zero-order valence-corrected chi connectivity index (χ0v) is 10.8. The summed E-state index contributed by atoms with van der Waals surface area (Å²) >= 11 is 0. The number of nitrogens with one attached hydrogen (secondary N) is 1. The highest BCUT2D eigenvalue weighted by molar-refractivity contribution is 5.73. The summed E-state index contributed by atoms with van der Waals surface area (Å²) in [6.07, 6.45) is 13.6. The largest absolute Gasteiger partial charge is 0.480 e. The molecule has 2 N–H and O–H groups in total. The van der Waals surface area contributed by atoms with Crippen molar-refractivity contribution in [3.63, 3.8) is 0 Å². The molecule has 0 spiro atoms. The summed E-state index contributed by atoms with van der Waals surface area (Å²) < 4.78 is 0. The van der Waals surface area contributed by atoms with Crippen molar-refractivity contribution in [1.82, 2.24) is 14.9 Å². The van der Waals surface area contributed by atoms with Crippen LogP contribution in [0.15, 0.2) is 48.5 Å². The van der Waals surface area contributed by atoms with Gasteiger partial charge in [0, 0.05) is 24.9 Å².